The first-order valence-electron chi connectivity index (χ1n) is 11.3. The third kappa shape index (κ3) is 4.99. The molecule has 2 heterocycles. The maximum atomic E-state index is 12.7. The zero-order valence-electron chi connectivity index (χ0n) is 20.5. The molecule has 0 radical (unpaired) electrons. The van der Waals surface area contributed by atoms with Crippen molar-refractivity contribution in [3.63, 3.8) is 0 Å². The number of benzene rings is 2. The van der Waals surface area contributed by atoms with Crippen molar-refractivity contribution in [2.75, 3.05) is 26.1 Å². The summed E-state index contributed by atoms with van der Waals surface area (Å²) in [7, 11) is 3.21. The second kappa shape index (κ2) is 10.3. The van der Waals surface area contributed by atoms with Gasteiger partial charge in [-0.25, -0.2) is 4.98 Å². The maximum Gasteiger partial charge on any atom is 0.249 e. The summed E-state index contributed by atoms with van der Waals surface area (Å²) in [6, 6.07) is 13.3. The van der Waals surface area contributed by atoms with Crippen LogP contribution in [0.3, 0.4) is 0 Å². The highest BCUT2D eigenvalue weighted by atomic mass is 16.5. The highest BCUT2D eigenvalue weighted by molar-refractivity contribution is 6.05. The maximum absolute atomic E-state index is 12.7. The largest absolute Gasteiger partial charge is 0.493 e. The molecule has 0 aliphatic heterocycles. The molecule has 1 N–H and O–H groups in total. The van der Waals surface area contributed by atoms with Crippen LogP contribution in [0.15, 0.2) is 65.4 Å². The molecule has 2 aromatic carbocycles. The number of allylic oxidation sites excluding steroid dienone is 1. The Kier molecular flexibility index (Phi) is 7.06. The van der Waals surface area contributed by atoms with Crippen LogP contribution in [0, 0.1) is 6.92 Å². The Hall–Kier alpha value is -4.26. The van der Waals surface area contributed by atoms with Crippen molar-refractivity contribution in [1.82, 2.24) is 4.98 Å². The second-order valence-electron chi connectivity index (χ2n) is 7.98. The first kappa shape index (κ1) is 23.9. The molecule has 35 heavy (non-hydrogen) atoms. The number of aryl methyl sites for hydroxylation is 1. The van der Waals surface area contributed by atoms with Crippen molar-refractivity contribution in [2.45, 2.75) is 20.8 Å². The van der Waals surface area contributed by atoms with Crippen molar-refractivity contribution >= 4 is 28.3 Å². The van der Waals surface area contributed by atoms with Crippen LogP contribution in [0.25, 0.3) is 27.7 Å². The number of nitrogens with zero attached hydrogens (tertiary/aromatic N) is 1. The van der Waals surface area contributed by atoms with E-state index < -0.39 is 0 Å². The number of methoxy groups -OCH3 is 2. The Labute approximate surface area is 204 Å². The minimum atomic E-state index is -0.265. The molecule has 7 nitrogen and oxygen atoms in total. The average Bonchev–Trinajstić information content (AvgIpc) is 3.27. The summed E-state index contributed by atoms with van der Waals surface area (Å²) in [6.45, 7) is 6.18. The number of fused-ring (bicyclic) bond motifs is 1. The van der Waals surface area contributed by atoms with Crippen LogP contribution >= 0.6 is 0 Å². The SMILES string of the molecule is CCOc1cc2occ(-c3ccc(OC)c(OC)c3)c2cc1/C(C)=C/C(=O)Nc1ncccc1C. The van der Waals surface area contributed by atoms with Crippen molar-refractivity contribution in [1.29, 1.82) is 0 Å². The van der Waals surface area contributed by atoms with Gasteiger partial charge in [-0.05, 0) is 61.7 Å². The fourth-order valence-electron chi connectivity index (χ4n) is 3.91. The molecule has 0 fully saturated rings. The van der Waals surface area contributed by atoms with Crippen LogP contribution in [-0.2, 0) is 4.79 Å². The monoisotopic (exact) mass is 472 g/mol. The third-order valence-corrected chi connectivity index (χ3v) is 5.69. The van der Waals surface area contributed by atoms with Crippen molar-refractivity contribution in [3.05, 3.63) is 72.1 Å². The number of pyridine rings is 1. The number of rotatable bonds is 8. The van der Waals surface area contributed by atoms with Crippen LogP contribution in [0.2, 0.25) is 0 Å². The van der Waals surface area contributed by atoms with E-state index in [-0.39, 0.29) is 5.91 Å². The molecular weight excluding hydrogens is 444 g/mol. The van der Waals surface area contributed by atoms with Gasteiger partial charge in [-0.15, -0.1) is 0 Å². The molecule has 0 aliphatic carbocycles. The van der Waals surface area contributed by atoms with Gasteiger partial charge in [0.05, 0.1) is 27.1 Å². The van der Waals surface area contributed by atoms with Gasteiger partial charge < -0.3 is 23.9 Å². The molecule has 0 unspecified atom stereocenters. The standard InChI is InChI=1S/C28H28N2O5/c1-6-34-24-15-25-21(22(16-35-25)19-9-10-23(32-4)26(13-19)33-5)14-20(24)18(3)12-27(31)30-28-17(2)8-7-11-29-28/h7-16H,6H2,1-5H3,(H,29,30,31)/b18-12+. The number of aromatic nitrogens is 1. The lowest BCUT2D eigenvalue weighted by Crippen LogP contribution is -2.11. The predicted molar refractivity (Wildman–Crippen MR) is 137 cm³/mol. The van der Waals surface area contributed by atoms with Gasteiger partial charge in [-0.2, -0.15) is 0 Å². The summed E-state index contributed by atoms with van der Waals surface area (Å²) in [5.41, 5.74) is 4.94. The van der Waals surface area contributed by atoms with Gasteiger partial charge in [0.25, 0.3) is 0 Å². The highest BCUT2D eigenvalue weighted by Gasteiger charge is 2.17. The van der Waals surface area contributed by atoms with Crippen LogP contribution in [-0.4, -0.2) is 31.7 Å². The zero-order chi connectivity index (χ0) is 24.9. The molecule has 0 spiro atoms. The molecule has 0 saturated heterocycles. The molecule has 1 amide bonds. The van der Waals surface area contributed by atoms with Gasteiger partial charge in [0.1, 0.15) is 17.2 Å². The number of hydrogen-bond acceptors (Lipinski definition) is 6. The lowest BCUT2D eigenvalue weighted by molar-refractivity contribution is -0.111. The number of nitrogens with one attached hydrogen (secondary N) is 1. The summed E-state index contributed by atoms with van der Waals surface area (Å²) in [5.74, 6) is 2.19. The van der Waals surface area contributed by atoms with E-state index in [0.717, 1.165) is 33.2 Å². The summed E-state index contributed by atoms with van der Waals surface area (Å²) in [6.07, 6.45) is 4.91. The number of carbonyl (C=O) groups is 1. The number of amides is 1. The molecular formula is C28H28N2O5. The number of carbonyl (C=O) groups excluding carboxylic acids is 1. The first-order valence-corrected chi connectivity index (χ1v) is 11.3. The topological polar surface area (TPSA) is 82.8 Å². The minimum absolute atomic E-state index is 0.265. The number of hydrogen-bond donors (Lipinski definition) is 1. The van der Waals surface area contributed by atoms with Crippen molar-refractivity contribution in [3.8, 4) is 28.4 Å². The molecule has 4 aromatic rings. The van der Waals surface area contributed by atoms with E-state index in [1.54, 1.807) is 32.8 Å². The summed E-state index contributed by atoms with van der Waals surface area (Å²) in [4.78, 5) is 17.0. The highest BCUT2D eigenvalue weighted by Crippen LogP contribution is 2.40. The quantitative estimate of drug-likeness (QED) is 0.305. The van der Waals surface area contributed by atoms with Gasteiger partial charge in [-0.3, -0.25) is 4.79 Å². The van der Waals surface area contributed by atoms with Gasteiger partial charge >= 0.3 is 0 Å². The number of furan rings is 1. The molecule has 0 atom stereocenters. The fourth-order valence-corrected chi connectivity index (χ4v) is 3.91. The summed E-state index contributed by atoms with van der Waals surface area (Å²) < 4.78 is 22.6. The Morgan fingerprint density at radius 1 is 1.09 bits per heavy atom. The van der Waals surface area contributed by atoms with E-state index in [9.17, 15) is 4.79 Å². The molecule has 180 valence electrons. The summed E-state index contributed by atoms with van der Waals surface area (Å²) in [5, 5.41) is 3.74. The van der Waals surface area contributed by atoms with E-state index in [1.165, 1.54) is 0 Å². The molecule has 0 bridgehead atoms. The van der Waals surface area contributed by atoms with Gasteiger partial charge in [0, 0.05) is 34.9 Å². The smallest absolute Gasteiger partial charge is 0.249 e. The Bertz CT molecular complexity index is 1400. The van der Waals surface area contributed by atoms with Crippen LogP contribution in [0.1, 0.15) is 25.0 Å². The average molecular weight is 473 g/mol. The Morgan fingerprint density at radius 3 is 2.60 bits per heavy atom. The molecule has 2 aromatic heterocycles. The van der Waals surface area contributed by atoms with Crippen molar-refractivity contribution < 1.29 is 23.4 Å². The van der Waals surface area contributed by atoms with E-state index >= 15 is 0 Å². The normalized spacial score (nSPS) is 11.4. The molecule has 7 heteroatoms. The lowest BCUT2D eigenvalue weighted by Gasteiger charge is -2.12. The summed E-state index contributed by atoms with van der Waals surface area (Å²) >= 11 is 0. The van der Waals surface area contributed by atoms with E-state index in [1.807, 2.05) is 63.2 Å². The van der Waals surface area contributed by atoms with E-state index in [4.69, 9.17) is 18.6 Å². The Morgan fingerprint density at radius 2 is 1.89 bits per heavy atom. The van der Waals surface area contributed by atoms with Crippen LogP contribution < -0.4 is 19.5 Å². The van der Waals surface area contributed by atoms with Crippen molar-refractivity contribution in [2.24, 2.45) is 0 Å². The van der Waals surface area contributed by atoms with E-state index in [0.29, 0.717) is 35.3 Å². The zero-order valence-corrected chi connectivity index (χ0v) is 20.5. The van der Waals surface area contributed by atoms with Crippen LogP contribution in [0.4, 0.5) is 5.82 Å². The lowest BCUT2D eigenvalue weighted by atomic mass is 9.99. The molecule has 0 saturated carbocycles. The number of ether oxygens (including phenoxy) is 3. The fraction of sp³-hybridized carbons (Fsp3) is 0.214. The minimum Gasteiger partial charge on any atom is -0.493 e. The third-order valence-electron chi connectivity index (χ3n) is 5.69. The second-order valence-corrected chi connectivity index (χ2v) is 7.98. The van der Waals surface area contributed by atoms with Gasteiger partial charge in [-0.1, -0.05) is 12.1 Å². The van der Waals surface area contributed by atoms with Gasteiger partial charge in [0.15, 0.2) is 11.5 Å². The van der Waals surface area contributed by atoms with E-state index in [2.05, 4.69) is 10.3 Å². The molecule has 0 aliphatic rings. The van der Waals surface area contributed by atoms with Gasteiger partial charge in [0.2, 0.25) is 5.91 Å². The Balaban J connectivity index is 1.75. The molecule has 4 rings (SSSR count). The predicted octanol–water partition coefficient (Wildman–Crippen LogP) is 6.26. The van der Waals surface area contributed by atoms with Crippen LogP contribution in [0.5, 0.6) is 17.2 Å². The number of anilines is 1. The first-order chi connectivity index (χ1) is 16.9.